The summed E-state index contributed by atoms with van der Waals surface area (Å²) in [5.41, 5.74) is 6.23. The Bertz CT molecular complexity index is 333. The van der Waals surface area contributed by atoms with E-state index < -0.39 is 5.97 Å². The van der Waals surface area contributed by atoms with Crippen molar-refractivity contribution in [2.75, 3.05) is 11.9 Å². The van der Waals surface area contributed by atoms with E-state index in [2.05, 4.69) is 5.32 Å². The minimum Gasteiger partial charge on any atom is -0.478 e. The van der Waals surface area contributed by atoms with Crippen LogP contribution in [0.1, 0.15) is 0 Å². The van der Waals surface area contributed by atoms with Crippen LogP contribution in [0.3, 0.4) is 0 Å². The van der Waals surface area contributed by atoms with Crippen molar-refractivity contribution in [1.82, 2.24) is 0 Å². The van der Waals surface area contributed by atoms with Gasteiger partial charge < -0.3 is 16.2 Å². The molecule has 0 bridgehead atoms. The quantitative estimate of drug-likeness (QED) is 0.623. The van der Waals surface area contributed by atoms with Gasteiger partial charge in [-0.15, -0.1) is 0 Å². The molecule has 4 heteroatoms. The molecule has 0 unspecified atom stereocenters. The summed E-state index contributed by atoms with van der Waals surface area (Å²) in [5.74, 6) is -1.00. The summed E-state index contributed by atoms with van der Waals surface area (Å²) in [6.07, 6.45) is 1.40. The predicted molar refractivity (Wildman–Crippen MR) is 54.8 cm³/mol. The van der Waals surface area contributed by atoms with Crippen LogP contribution in [0.15, 0.2) is 42.1 Å². The van der Waals surface area contributed by atoms with Gasteiger partial charge in [-0.1, -0.05) is 18.2 Å². The first-order valence-corrected chi connectivity index (χ1v) is 4.18. The highest BCUT2D eigenvalue weighted by atomic mass is 16.4. The Labute approximate surface area is 82.0 Å². The summed E-state index contributed by atoms with van der Waals surface area (Å²) in [6.45, 7) is 0.00909. The summed E-state index contributed by atoms with van der Waals surface area (Å²) in [7, 11) is 0. The lowest BCUT2D eigenvalue weighted by molar-refractivity contribution is -0.132. The molecule has 1 rings (SSSR count). The monoisotopic (exact) mass is 192 g/mol. The lowest BCUT2D eigenvalue weighted by Crippen LogP contribution is -2.13. The molecule has 1 aromatic rings. The molecule has 14 heavy (non-hydrogen) atoms. The van der Waals surface area contributed by atoms with E-state index in [0.717, 1.165) is 5.69 Å². The van der Waals surface area contributed by atoms with Gasteiger partial charge in [-0.25, -0.2) is 4.79 Å². The topological polar surface area (TPSA) is 75.3 Å². The van der Waals surface area contributed by atoms with Crippen LogP contribution in [0.25, 0.3) is 0 Å². The number of carboxylic acids is 1. The molecule has 0 saturated carbocycles. The number of hydrogen-bond acceptors (Lipinski definition) is 3. The normalized spacial score (nSPS) is 11.1. The number of nitrogens with one attached hydrogen (secondary N) is 1. The minimum atomic E-state index is -1.00. The second-order valence-corrected chi connectivity index (χ2v) is 2.69. The number of carboxylic acid groups (broad SMARTS) is 1. The first kappa shape index (κ1) is 10.3. The first-order chi connectivity index (χ1) is 6.74. The molecule has 4 N–H and O–H groups in total. The molecular formula is C10H12N2O2. The Hall–Kier alpha value is -1.81. The highest BCUT2D eigenvalue weighted by Gasteiger charge is 2.02. The minimum absolute atomic E-state index is 0.00909. The van der Waals surface area contributed by atoms with E-state index in [9.17, 15) is 4.79 Å². The molecule has 0 heterocycles. The van der Waals surface area contributed by atoms with Crippen molar-refractivity contribution in [3.05, 3.63) is 42.1 Å². The van der Waals surface area contributed by atoms with Crippen LogP contribution in [0.5, 0.6) is 0 Å². The smallest absolute Gasteiger partial charge is 0.334 e. The fourth-order valence-electron chi connectivity index (χ4n) is 0.913. The van der Waals surface area contributed by atoms with Gasteiger partial charge in [0.1, 0.15) is 0 Å². The van der Waals surface area contributed by atoms with E-state index >= 15 is 0 Å². The molecule has 4 nitrogen and oxygen atoms in total. The van der Waals surface area contributed by atoms with Crippen LogP contribution in [0.4, 0.5) is 5.69 Å². The van der Waals surface area contributed by atoms with Crippen LogP contribution in [0.2, 0.25) is 0 Å². The summed E-state index contributed by atoms with van der Waals surface area (Å²) in [6, 6.07) is 9.28. The molecule has 0 aromatic heterocycles. The molecule has 74 valence electrons. The number of benzene rings is 1. The summed E-state index contributed by atoms with van der Waals surface area (Å²) < 4.78 is 0. The predicted octanol–water partition coefficient (Wildman–Crippen LogP) is 1.03. The van der Waals surface area contributed by atoms with E-state index in [0.29, 0.717) is 0 Å². The van der Waals surface area contributed by atoms with Crippen LogP contribution < -0.4 is 11.1 Å². The SMILES string of the molecule is NC/C(=C\Nc1ccccc1)C(=O)O. The maximum absolute atomic E-state index is 10.6. The summed E-state index contributed by atoms with van der Waals surface area (Å²) >= 11 is 0. The molecule has 0 aliphatic rings. The zero-order valence-corrected chi connectivity index (χ0v) is 7.60. The first-order valence-electron chi connectivity index (χ1n) is 4.18. The number of carbonyl (C=O) groups is 1. The lowest BCUT2D eigenvalue weighted by Gasteiger charge is -2.01. The molecule has 0 amide bonds. The maximum atomic E-state index is 10.6. The van der Waals surface area contributed by atoms with Crippen molar-refractivity contribution in [2.24, 2.45) is 5.73 Å². The van der Waals surface area contributed by atoms with E-state index in [-0.39, 0.29) is 12.1 Å². The third-order valence-electron chi connectivity index (χ3n) is 1.68. The van der Waals surface area contributed by atoms with Crippen molar-refractivity contribution >= 4 is 11.7 Å². The third-order valence-corrected chi connectivity index (χ3v) is 1.68. The molecule has 0 aliphatic carbocycles. The van der Waals surface area contributed by atoms with Gasteiger partial charge in [0.05, 0.1) is 5.57 Å². The Morgan fingerprint density at radius 1 is 1.43 bits per heavy atom. The van der Waals surface area contributed by atoms with Gasteiger partial charge in [0, 0.05) is 18.4 Å². The fourth-order valence-corrected chi connectivity index (χ4v) is 0.913. The highest BCUT2D eigenvalue weighted by molar-refractivity contribution is 5.87. The number of nitrogens with two attached hydrogens (primary N) is 1. The van der Waals surface area contributed by atoms with Gasteiger partial charge in [0.2, 0.25) is 0 Å². The molecule has 0 spiro atoms. The second kappa shape index (κ2) is 5.04. The van der Waals surface area contributed by atoms with Gasteiger partial charge in [-0.3, -0.25) is 0 Å². The average Bonchev–Trinajstić information content (AvgIpc) is 2.20. The average molecular weight is 192 g/mol. The maximum Gasteiger partial charge on any atom is 0.334 e. The van der Waals surface area contributed by atoms with Crippen molar-refractivity contribution in [2.45, 2.75) is 0 Å². The standard InChI is InChI=1S/C10H12N2O2/c11-6-8(10(13)14)7-12-9-4-2-1-3-5-9/h1-5,7,12H,6,11H2,(H,13,14)/b8-7+. The number of rotatable bonds is 4. The number of hydrogen-bond donors (Lipinski definition) is 3. The van der Waals surface area contributed by atoms with Crippen LogP contribution in [-0.2, 0) is 4.79 Å². The fraction of sp³-hybridized carbons (Fsp3) is 0.100. The van der Waals surface area contributed by atoms with Crippen LogP contribution in [0, 0.1) is 0 Å². The highest BCUT2D eigenvalue weighted by Crippen LogP contribution is 2.05. The van der Waals surface area contributed by atoms with Gasteiger partial charge in [-0.2, -0.15) is 0 Å². The zero-order valence-electron chi connectivity index (χ0n) is 7.60. The molecular weight excluding hydrogens is 180 g/mol. The molecule has 0 fully saturated rings. The third kappa shape index (κ3) is 2.91. The molecule has 0 aliphatic heterocycles. The van der Waals surface area contributed by atoms with Crippen LogP contribution in [-0.4, -0.2) is 17.6 Å². The van der Waals surface area contributed by atoms with Gasteiger partial charge in [0.25, 0.3) is 0 Å². The van der Waals surface area contributed by atoms with E-state index in [1.165, 1.54) is 6.20 Å². The van der Waals surface area contributed by atoms with Crippen molar-refractivity contribution in [3.63, 3.8) is 0 Å². The second-order valence-electron chi connectivity index (χ2n) is 2.69. The zero-order chi connectivity index (χ0) is 10.4. The Morgan fingerprint density at radius 3 is 2.57 bits per heavy atom. The van der Waals surface area contributed by atoms with Gasteiger partial charge in [-0.05, 0) is 12.1 Å². The molecule has 0 saturated heterocycles. The van der Waals surface area contributed by atoms with E-state index in [4.69, 9.17) is 10.8 Å². The summed E-state index contributed by atoms with van der Waals surface area (Å²) in [4.78, 5) is 10.6. The number of aliphatic carboxylic acids is 1. The van der Waals surface area contributed by atoms with Gasteiger partial charge in [0.15, 0.2) is 0 Å². The number of anilines is 1. The summed E-state index contributed by atoms with van der Waals surface area (Å²) in [5, 5.41) is 11.5. The largest absolute Gasteiger partial charge is 0.478 e. The lowest BCUT2D eigenvalue weighted by atomic mass is 10.3. The molecule has 0 radical (unpaired) electrons. The van der Waals surface area contributed by atoms with Crippen LogP contribution >= 0.6 is 0 Å². The van der Waals surface area contributed by atoms with E-state index in [1.54, 1.807) is 0 Å². The Kier molecular flexibility index (Phi) is 3.69. The van der Waals surface area contributed by atoms with Gasteiger partial charge >= 0.3 is 5.97 Å². The van der Waals surface area contributed by atoms with Crippen molar-refractivity contribution < 1.29 is 9.90 Å². The number of para-hydroxylation sites is 1. The van der Waals surface area contributed by atoms with Crippen molar-refractivity contribution in [1.29, 1.82) is 0 Å². The van der Waals surface area contributed by atoms with Crippen molar-refractivity contribution in [3.8, 4) is 0 Å². The van der Waals surface area contributed by atoms with E-state index in [1.807, 2.05) is 30.3 Å². The molecule has 1 aromatic carbocycles. The Balaban J connectivity index is 2.66. The molecule has 0 atom stereocenters. The Morgan fingerprint density at radius 2 is 2.07 bits per heavy atom.